The predicted octanol–water partition coefficient (Wildman–Crippen LogP) is 2.44. The van der Waals surface area contributed by atoms with Gasteiger partial charge in [0.15, 0.2) is 0 Å². The number of aromatic nitrogens is 2. The van der Waals surface area contributed by atoms with Crippen LogP contribution < -0.4 is 0 Å². The fourth-order valence-electron chi connectivity index (χ4n) is 2.51. The maximum absolute atomic E-state index is 12.9. The first-order valence-electron chi connectivity index (χ1n) is 7.54. The lowest BCUT2D eigenvalue weighted by Crippen LogP contribution is -2.42. The molecular weight excluding hydrogens is 278 g/mol. The van der Waals surface area contributed by atoms with Gasteiger partial charge in [-0.1, -0.05) is 31.2 Å². The Kier molecular flexibility index (Phi) is 5.33. The standard InChI is InChI=1S/C17H23N3O2/c1-4-15(11-21)20(10-14-8-6-5-7-12(14)2)17(22)16-9-18-19-13(16)3/h5-9,15,21H,4,10-11H2,1-3H3,(H,18,19). The molecule has 0 spiro atoms. The molecule has 0 radical (unpaired) electrons. The van der Waals surface area contributed by atoms with E-state index in [1.807, 2.05) is 45.0 Å². The normalized spacial score (nSPS) is 12.2. The van der Waals surface area contributed by atoms with Gasteiger partial charge in [-0.15, -0.1) is 0 Å². The highest BCUT2D eigenvalue weighted by Gasteiger charge is 2.25. The third kappa shape index (κ3) is 3.36. The molecule has 0 aliphatic carbocycles. The third-order valence-corrected chi connectivity index (χ3v) is 4.05. The topological polar surface area (TPSA) is 69.2 Å². The fourth-order valence-corrected chi connectivity index (χ4v) is 2.51. The van der Waals surface area contributed by atoms with Gasteiger partial charge in [0.2, 0.25) is 0 Å². The van der Waals surface area contributed by atoms with Gasteiger partial charge < -0.3 is 10.0 Å². The summed E-state index contributed by atoms with van der Waals surface area (Å²) < 4.78 is 0. The minimum atomic E-state index is -0.207. The van der Waals surface area contributed by atoms with Crippen molar-refractivity contribution >= 4 is 5.91 Å². The second-order valence-corrected chi connectivity index (χ2v) is 5.51. The van der Waals surface area contributed by atoms with Crippen LogP contribution in [0.4, 0.5) is 0 Å². The van der Waals surface area contributed by atoms with E-state index in [0.717, 1.165) is 16.8 Å². The first-order valence-corrected chi connectivity index (χ1v) is 7.54. The molecule has 1 heterocycles. The van der Waals surface area contributed by atoms with Crippen LogP contribution in [0.25, 0.3) is 0 Å². The summed E-state index contributed by atoms with van der Waals surface area (Å²) in [6.45, 7) is 6.26. The van der Waals surface area contributed by atoms with E-state index in [2.05, 4.69) is 10.2 Å². The van der Waals surface area contributed by atoms with Crippen LogP contribution in [-0.2, 0) is 6.54 Å². The summed E-state index contributed by atoms with van der Waals surface area (Å²) in [6, 6.07) is 7.78. The largest absolute Gasteiger partial charge is 0.394 e. The number of nitrogens with zero attached hydrogens (tertiary/aromatic N) is 2. The Balaban J connectivity index is 2.33. The summed E-state index contributed by atoms with van der Waals surface area (Å²) in [5.74, 6) is -0.101. The third-order valence-electron chi connectivity index (χ3n) is 4.05. The Labute approximate surface area is 131 Å². The second-order valence-electron chi connectivity index (χ2n) is 5.51. The van der Waals surface area contributed by atoms with Crippen molar-refractivity contribution in [3.05, 3.63) is 52.8 Å². The highest BCUT2D eigenvalue weighted by atomic mass is 16.3. The Morgan fingerprint density at radius 2 is 2.09 bits per heavy atom. The Hall–Kier alpha value is -2.14. The van der Waals surface area contributed by atoms with Gasteiger partial charge >= 0.3 is 0 Å². The molecule has 5 heteroatoms. The van der Waals surface area contributed by atoms with Gasteiger partial charge in [-0.2, -0.15) is 5.10 Å². The Bertz CT molecular complexity index is 632. The van der Waals surface area contributed by atoms with E-state index in [1.165, 1.54) is 0 Å². The van der Waals surface area contributed by atoms with Crippen molar-refractivity contribution < 1.29 is 9.90 Å². The molecule has 118 valence electrons. The van der Waals surface area contributed by atoms with Gasteiger partial charge in [-0.25, -0.2) is 0 Å². The zero-order chi connectivity index (χ0) is 16.1. The van der Waals surface area contributed by atoms with Crippen molar-refractivity contribution in [1.29, 1.82) is 0 Å². The molecule has 0 bridgehead atoms. The van der Waals surface area contributed by atoms with Gasteiger partial charge in [-0.05, 0) is 31.4 Å². The predicted molar refractivity (Wildman–Crippen MR) is 85.5 cm³/mol. The number of aliphatic hydroxyl groups excluding tert-OH is 1. The molecule has 1 atom stereocenters. The lowest BCUT2D eigenvalue weighted by atomic mass is 10.1. The first-order chi connectivity index (χ1) is 10.6. The number of rotatable bonds is 6. The number of carbonyl (C=O) groups excluding carboxylic acids is 1. The van der Waals surface area contributed by atoms with E-state index in [1.54, 1.807) is 11.1 Å². The van der Waals surface area contributed by atoms with Crippen molar-refractivity contribution in [2.24, 2.45) is 0 Å². The number of aryl methyl sites for hydroxylation is 2. The average molecular weight is 301 g/mol. The minimum absolute atomic E-state index is 0.0506. The monoisotopic (exact) mass is 301 g/mol. The highest BCUT2D eigenvalue weighted by molar-refractivity contribution is 5.95. The van der Waals surface area contributed by atoms with Crippen LogP contribution in [-0.4, -0.2) is 38.8 Å². The molecule has 2 aromatic rings. The quantitative estimate of drug-likeness (QED) is 0.861. The number of aromatic amines is 1. The van der Waals surface area contributed by atoms with Crippen LogP contribution in [0.15, 0.2) is 30.5 Å². The van der Waals surface area contributed by atoms with Crippen LogP contribution in [0.3, 0.4) is 0 Å². The number of hydrogen-bond donors (Lipinski definition) is 2. The molecular formula is C17H23N3O2. The molecule has 1 aromatic heterocycles. The van der Waals surface area contributed by atoms with Crippen LogP contribution in [0.2, 0.25) is 0 Å². The van der Waals surface area contributed by atoms with E-state index in [-0.39, 0.29) is 18.6 Å². The SMILES string of the molecule is CCC(CO)N(Cc1ccccc1C)C(=O)c1cn[nH]c1C. The van der Waals surface area contributed by atoms with E-state index in [4.69, 9.17) is 0 Å². The summed E-state index contributed by atoms with van der Waals surface area (Å²) in [7, 11) is 0. The summed E-state index contributed by atoms with van der Waals surface area (Å²) in [5, 5.41) is 16.4. The molecule has 0 saturated heterocycles. The van der Waals surface area contributed by atoms with Crippen molar-refractivity contribution in [2.75, 3.05) is 6.61 Å². The van der Waals surface area contributed by atoms with Gasteiger partial charge in [0, 0.05) is 12.2 Å². The molecule has 0 saturated carbocycles. The van der Waals surface area contributed by atoms with Gasteiger partial charge in [0.05, 0.1) is 24.4 Å². The molecule has 2 N–H and O–H groups in total. The average Bonchev–Trinajstić information content (AvgIpc) is 2.94. The lowest BCUT2D eigenvalue weighted by molar-refractivity contribution is 0.0562. The number of nitrogens with one attached hydrogen (secondary N) is 1. The van der Waals surface area contributed by atoms with Crippen molar-refractivity contribution in [2.45, 2.75) is 39.8 Å². The fraction of sp³-hybridized carbons (Fsp3) is 0.412. The van der Waals surface area contributed by atoms with Gasteiger partial charge in [-0.3, -0.25) is 9.89 Å². The molecule has 1 unspecified atom stereocenters. The second kappa shape index (κ2) is 7.22. The highest BCUT2D eigenvalue weighted by Crippen LogP contribution is 2.18. The molecule has 0 aliphatic heterocycles. The van der Waals surface area contributed by atoms with Gasteiger partial charge in [0.1, 0.15) is 0 Å². The minimum Gasteiger partial charge on any atom is -0.394 e. The molecule has 2 rings (SSSR count). The van der Waals surface area contributed by atoms with Gasteiger partial charge in [0.25, 0.3) is 5.91 Å². The number of amides is 1. The molecule has 0 aliphatic rings. The van der Waals surface area contributed by atoms with Crippen molar-refractivity contribution in [1.82, 2.24) is 15.1 Å². The number of hydrogen-bond acceptors (Lipinski definition) is 3. The summed E-state index contributed by atoms with van der Waals surface area (Å²) in [5.41, 5.74) is 3.52. The zero-order valence-corrected chi connectivity index (χ0v) is 13.3. The smallest absolute Gasteiger partial charge is 0.257 e. The maximum Gasteiger partial charge on any atom is 0.257 e. The molecule has 0 fully saturated rings. The lowest BCUT2D eigenvalue weighted by Gasteiger charge is -2.30. The first kappa shape index (κ1) is 16.2. The number of H-pyrrole nitrogens is 1. The van der Waals surface area contributed by atoms with E-state index < -0.39 is 0 Å². The summed E-state index contributed by atoms with van der Waals surface area (Å²) in [4.78, 5) is 14.6. The summed E-state index contributed by atoms with van der Waals surface area (Å²) >= 11 is 0. The number of carbonyl (C=O) groups is 1. The van der Waals surface area contributed by atoms with Crippen LogP contribution in [0.1, 0.15) is 40.5 Å². The number of benzene rings is 1. The molecule has 1 amide bonds. The maximum atomic E-state index is 12.9. The molecule has 1 aromatic carbocycles. The van der Waals surface area contributed by atoms with Crippen LogP contribution >= 0.6 is 0 Å². The van der Waals surface area contributed by atoms with E-state index in [0.29, 0.717) is 18.5 Å². The van der Waals surface area contributed by atoms with E-state index in [9.17, 15) is 9.90 Å². The summed E-state index contributed by atoms with van der Waals surface area (Å²) in [6.07, 6.45) is 2.25. The van der Waals surface area contributed by atoms with Crippen LogP contribution in [0, 0.1) is 13.8 Å². The van der Waals surface area contributed by atoms with E-state index >= 15 is 0 Å². The number of aliphatic hydroxyl groups is 1. The Morgan fingerprint density at radius 1 is 1.36 bits per heavy atom. The zero-order valence-electron chi connectivity index (χ0n) is 13.3. The molecule has 5 nitrogen and oxygen atoms in total. The van der Waals surface area contributed by atoms with Crippen LogP contribution in [0.5, 0.6) is 0 Å². The van der Waals surface area contributed by atoms with Crippen molar-refractivity contribution in [3.63, 3.8) is 0 Å². The van der Waals surface area contributed by atoms with Crippen molar-refractivity contribution in [3.8, 4) is 0 Å². The molecule has 22 heavy (non-hydrogen) atoms. The Morgan fingerprint density at radius 3 is 2.64 bits per heavy atom.